The molecule has 1 unspecified atom stereocenters. The average molecular weight is 493 g/mol. The number of rotatable bonds is 8. The first-order valence-corrected chi connectivity index (χ1v) is 11.5. The lowest BCUT2D eigenvalue weighted by atomic mass is 9.81. The fraction of sp³-hybridized carbons (Fsp3) is 0.591. The number of aliphatic hydroxyl groups excluding tert-OH is 1. The molecular weight excluding hydrogens is 465 g/mol. The number of fused-ring (bicyclic) bond motifs is 1. The summed E-state index contributed by atoms with van der Waals surface area (Å²) in [5.41, 5.74) is 7.94. The van der Waals surface area contributed by atoms with Gasteiger partial charge in [0, 0.05) is 29.4 Å². The predicted molar refractivity (Wildman–Crippen MR) is 122 cm³/mol. The van der Waals surface area contributed by atoms with Gasteiger partial charge in [-0.05, 0) is 55.3 Å². The molecule has 1 amide bonds. The largest absolute Gasteiger partial charge is 0.416 e. The number of hydrogen-bond acceptors (Lipinski definition) is 7. The van der Waals surface area contributed by atoms with E-state index in [0.717, 1.165) is 50.9 Å². The highest BCUT2D eigenvalue weighted by molar-refractivity contribution is 5.91. The van der Waals surface area contributed by atoms with Crippen molar-refractivity contribution in [1.82, 2.24) is 20.2 Å². The summed E-state index contributed by atoms with van der Waals surface area (Å²) in [4.78, 5) is 25.4. The van der Waals surface area contributed by atoms with Crippen molar-refractivity contribution in [3.05, 3.63) is 40.5 Å². The molecule has 188 valence electrons. The molecule has 0 bridgehead atoms. The van der Waals surface area contributed by atoms with Gasteiger partial charge in [-0.3, -0.25) is 9.69 Å². The highest BCUT2D eigenvalue weighted by Gasteiger charge is 2.36. The third-order valence-corrected chi connectivity index (χ3v) is 6.79. The summed E-state index contributed by atoms with van der Waals surface area (Å²) in [6, 6.07) is 3.63. The lowest BCUT2D eigenvalue weighted by Crippen LogP contribution is -2.63. The number of amides is 1. The van der Waals surface area contributed by atoms with Crippen LogP contribution in [0.3, 0.4) is 0 Å². The molecule has 1 aliphatic carbocycles. The number of benzene rings is 1. The van der Waals surface area contributed by atoms with Gasteiger partial charge in [-0.2, -0.15) is 13.2 Å². The van der Waals surface area contributed by atoms with E-state index in [1.165, 1.54) is 12.4 Å². The van der Waals surface area contributed by atoms with Gasteiger partial charge >= 0.3 is 6.18 Å². The Balaban J connectivity index is 1.22. The number of anilines is 1. The van der Waals surface area contributed by atoms with Gasteiger partial charge in [-0.15, -0.1) is 0 Å². The minimum atomic E-state index is -4.49. The first-order valence-electron chi connectivity index (χ1n) is 11.5. The number of azide groups is 1. The molecule has 2 aliphatic rings. The molecule has 4 rings (SSSR count). The van der Waals surface area contributed by atoms with E-state index in [1.54, 1.807) is 0 Å². The molecule has 13 heteroatoms. The van der Waals surface area contributed by atoms with Gasteiger partial charge in [0.2, 0.25) is 5.91 Å². The van der Waals surface area contributed by atoms with Gasteiger partial charge in [0.1, 0.15) is 12.1 Å². The van der Waals surface area contributed by atoms with Crippen molar-refractivity contribution in [2.45, 2.75) is 50.0 Å². The van der Waals surface area contributed by atoms with Crippen molar-refractivity contribution in [3.8, 4) is 0 Å². The summed E-state index contributed by atoms with van der Waals surface area (Å²) in [6.45, 7) is 1.44. The lowest BCUT2D eigenvalue weighted by molar-refractivity contribution is -0.137. The first-order chi connectivity index (χ1) is 16.7. The second-order valence-corrected chi connectivity index (χ2v) is 9.07. The number of aliphatic hydroxyl groups is 1. The number of nitrogens with one attached hydrogen (secondary N) is 2. The summed E-state index contributed by atoms with van der Waals surface area (Å²) in [7, 11) is 0. The van der Waals surface area contributed by atoms with Gasteiger partial charge in [0.25, 0.3) is 0 Å². The van der Waals surface area contributed by atoms with Crippen LogP contribution in [0.25, 0.3) is 21.3 Å². The van der Waals surface area contributed by atoms with Crippen molar-refractivity contribution >= 4 is 22.6 Å². The first kappa shape index (κ1) is 25.0. The number of halogens is 3. The molecule has 3 N–H and O–H groups in total. The summed E-state index contributed by atoms with van der Waals surface area (Å²) in [6.07, 6.45) is -0.221. The molecule has 2 aromatic rings. The Morgan fingerprint density at radius 3 is 2.69 bits per heavy atom. The van der Waals surface area contributed by atoms with E-state index >= 15 is 0 Å². The minimum Gasteiger partial charge on any atom is -0.393 e. The Kier molecular flexibility index (Phi) is 7.58. The molecule has 2 fully saturated rings. The van der Waals surface area contributed by atoms with Gasteiger partial charge < -0.3 is 15.7 Å². The molecule has 1 aliphatic heterocycles. The Hall–Kier alpha value is -3.15. The Labute approximate surface area is 199 Å². The quantitative estimate of drug-likeness (QED) is 0.294. The molecular formula is C22H27F3N8O2. The van der Waals surface area contributed by atoms with Crippen LogP contribution in [-0.4, -0.2) is 70.2 Å². The number of alkyl halides is 3. The highest BCUT2D eigenvalue weighted by atomic mass is 19.4. The maximum atomic E-state index is 13.1. The second-order valence-electron chi connectivity index (χ2n) is 9.07. The predicted octanol–water partition coefficient (Wildman–Crippen LogP) is 3.09. The Morgan fingerprint density at radius 2 is 2.00 bits per heavy atom. The SMILES string of the molecule is [N-]=[N+]=NCC(O)[C@H]1CC[C@H](N2CC(NC(=O)CNc3ncnc4ccc(C(F)(F)F)cc34)C2)CC1. The van der Waals surface area contributed by atoms with Crippen molar-refractivity contribution in [1.29, 1.82) is 0 Å². The molecule has 2 heterocycles. The van der Waals surface area contributed by atoms with Crippen molar-refractivity contribution < 1.29 is 23.1 Å². The van der Waals surface area contributed by atoms with E-state index in [0.29, 0.717) is 11.6 Å². The van der Waals surface area contributed by atoms with Crippen LogP contribution in [0.2, 0.25) is 0 Å². The summed E-state index contributed by atoms with van der Waals surface area (Å²) in [5.74, 6) is 0.0499. The molecule has 35 heavy (non-hydrogen) atoms. The molecule has 1 saturated carbocycles. The molecule has 0 radical (unpaired) electrons. The van der Waals surface area contributed by atoms with Crippen molar-refractivity contribution in [2.75, 3.05) is 31.5 Å². The molecule has 1 aromatic carbocycles. The summed E-state index contributed by atoms with van der Waals surface area (Å²) < 4.78 is 39.2. The average Bonchev–Trinajstić information content (AvgIpc) is 2.82. The van der Waals surface area contributed by atoms with Crippen LogP contribution in [0.4, 0.5) is 19.0 Å². The van der Waals surface area contributed by atoms with Crippen LogP contribution in [0.1, 0.15) is 31.2 Å². The monoisotopic (exact) mass is 492 g/mol. The van der Waals surface area contributed by atoms with Gasteiger partial charge in [0.05, 0.1) is 36.3 Å². The van der Waals surface area contributed by atoms with Crippen LogP contribution in [0.15, 0.2) is 29.6 Å². The van der Waals surface area contributed by atoms with E-state index < -0.39 is 17.8 Å². The van der Waals surface area contributed by atoms with E-state index in [2.05, 4.69) is 35.5 Å². The van der Waals surface area contributed by atoms with Crippen molar-refractivity contribution in [3.63, 3.8) is 0 Å². The number of likely N-dealkylation sites (tertiary alicyclic amines) is 1. The fourth-order valence-corrected chi connectivity index (χ4v) is 4.84. The number of carbonyl (C=O) groups excluding carboxylic acids is 1. The van der Waals surface area contributed by atoms with E-state index in [4.69, 9.17) is 5.53 Å². The third-order valence-electron chi connectivity index (χ3n) is 6.79. The molecule has 1 aromatic heterocycles. The van der Waals surface area contributed by atoms with Crippen LogP contribution >= 0.6 is 0 Å². The lowest BCUT2D eigenvalue weighted by Gasteiger charge is -2.47. The van der Waals surface area contributed by atoms with Crippen LogP contribution in [-0.2, 0) is 11.0 Å². The fourth-order valence-electron chi connectivity index (χ4n) is 4.84. The van der Waals surface area contributed by atoms with E-state index in [-0.39, 0.29) is 42.2 Å². The molecule has 10 nitrogen and oxygen atoms in total. The molecule has 1 saturated heterocycles. The van der Waals surface area contributed by atoms with Crippen molar-refractivity contribution in [2.24, 2.45) is 11.0 Å². The van der Waals surface area contributed by atoms with E-state index in [1.807, 2.05) is 0 Å². The van der Waals surface area contributed by atoms with Crippen LogP contribution in [0.5, 0.6) is 0 Å². The molecule has 1 atom stereocenters. The van der Waals surface area contributed by atoms with Crippen LogP contribution < -0.4 is 10.6 Å². The minimum absolute atomic E-state index is 0.0107. The number of carbonyl (C=O) groups is 1. The maximum Gasteiger partial charge on any atom is 0.416 e. The van der Waals surface area contributed by atoms with Gasteiger partial charge in [0.15, 0.2) is 0 Å². The molecule has 0 spiro atoms. The Morgan fingerprint density at radius 1 is 1.26 bits per heavy atom. The maximum absolute atomic E-state index is 13.1. The smallest absolute Gasteiger partial charge is 0.393 e. The topological polar surface area (TPSA) is 139 Å². The number of aromatic nitrogens is 2. The van der Waals surface area contributed by atoms with Gasteiger partial charge in [-0.1, -0.05) is 5.11 Å². The third kappa shape index (κ3) is 6.11. The second kappa shape index (κ2) is 10.6. The summed E-state index contributed by atoms with van der Waals surface area (Å²) in [5, 5.41) is 19.5. The number of hydrogen-bond donors (Lipinski definition) is 3. The number of nitrogens with zero attached hydrogens (tertiary/aromatic N) is 6. The standard InChI is InChI=1S/C22H27F3N8O2/c23-22(24,25)14-3-6-18-17(7-14)21(29-12-28-18)27-9-20(35)31-15-10-33(11-15)16-4-1-13(2-5-16)19(34)8-30-32-26/h3,6-7,12-13,15-16,19,34H,1-2,4-5,8-11H2,(H,31,35)(H,27,28,29)/t13-,16-,19?. The Bertz CT molecular complexity index is 1090. The van der Waals surface area contributed by atoms with Gasteiger partial charge in [-0.25, -0.2) is 9.97 Å². The normalized spacial score (nSPS) is 22.2. The highest BCUT2D eigenvalue weighted by Crippen LogP contribution is 2.33. The van der Waals surface area contributed by atoms with Crippen LogP contribution in [0, 0.1) is 5.92 Å². The zero-order chi connectivity index (χ0) is 25.0. The zero-order valence-electron chi connectivity index (χ0n) is 18.9. The summed E-state index contributed by atoms with van der Waals surface area (Å²) >= 11 is 0. The van der Waals surface area contributed by atoms with E-state index in [9.17, 15) is 23.1 Å². The zero-order valence-corrected chi connectivity index (χ0v) is 18.9.